The predicted octanol–water partition coefficient (Wildman–Crippen LogP) is 3.33. The number of ether oxygens (including phenoxy) is 2. The van der Waals surface area contributed by atoms with Crippen molar-refractivity contribution >= 4 is 11.6 Å². The largest absolute Gasteiger partial charge is 0.486 e. The van der Waals surface area contributed by atoms with Crippen molar-refractivity contribution in [3.63, 3.8) is 0 Å². The fraction of sp³-hybridized carbons (Fsp3) is 0.571. The summed E-state index contributed by atoms with van der Waals surface area (Å²) in [5.74, 6) is 1.72. The van der Waals surface area contributed by atoms with E-state index in [9.17, 15) is 5.11 Å². The van der Waals surface area contributed by atoms with Gasteiger partial charge in [0.05, 0.1) is 5.02 Å². The van der Waals surface area contributed by atoms with Crippen LogP contribution in [-0.2, 0) is 0 Å². The summed E-state index contributed by atoms with van der Waals surface area (Å²) in [5.41, 5.74) is 2.14. The number of hydrogen-bond acceptors (Lipinski definition) is 3. The number of halogens is 1. The summed E-state index contributed by atoms with van der Waals surface area (Å²) in [6.07, 6.45) is 0. The first-order chi connectivity index (χ1) is 8.56. The SMILES string of the molecule is CC(C)c1c(C(C)CO)cc(Cl)c2c1OCCO2. The predicted molar refractivity (Wildman–Crippen MR) is 72.0 cm³/mol. The molecule has 1 aliphatic rings. The normalized spacial score (nSPS) is 15.9. The third-order valence-electron chi connectivity index (χ3n) is 3.22. The Morgan fingerprint density at radius 1 is 1.22 bits per heavy atom. The number of aliphatic hydroxyl groups is 1. The number of rotatable bonds is 3. The fourth-order valence-electron chi connectivity index (χ4n) is 2.31. The minimum Gasteiger partial charge on any atom is -0.486 e. The van der Waals surface area contributed by atoms with Crippen molar-refractivity contribution in [2.24, 2.45) is 0 Å². The van der Waals surface area contributed by atoms with Crippen LogP contribution in [-0.4, -0.2) is 24.9 Å². The summed E-state index contributed by atoms with van der Waals surface area (Å²) in [5, 5.41) is 9.93. The molecule has 0 radical (unpaired) electrons. The van der Waals surface area contributed by atoms with Crippen LogP contribution in [0.5, 0.6) is 11.5 Å². The zero-order valence-corrected chi connectivity index (χ0v) is 11.8. The molecule has 0 amide bonds. The molecule has 4 heteroatoms. The summed E-state index contributed by atoms with van der Waals surface area (Å²) < 4.78 is 11.3. The molecule has 1 aromatic rings. The highest BCUT2D eigenvalue weighted by Gasteiger charge is 2.26. The van der Waals surface area contributed by atoms with Crippen LogP contribution in [0.25, 0.3) is 0 Å². The Labute approximate surface area is 113 Å². The third-order valence-corrected chi connectivity index (χ3v) is 3.50. The van der Waals surface area contributed by atoms with Crippen LogP contribution >= 0.6 is 11.6 Å². The Morgan fingerprint density at radius 2 is 1.83 bits per heavy atom. The molecule has 1 N–H and O–H groups in total. The van der Waals surface area contributed by atoms with Gasteiger partial charge < -0.3 is 14.6 Å². The second-order valence-corrected chi connectivity index (χ2v) is 5.36. The van der Waals surface area contributed by atoms with Crippen molar-refractivity contribution < 1.29 is 14.6 Å². The van der Waals surface area contributed by atoms with Crippen molar-refractivity contribution in [1.82, 2.24) is 0 Å². The maximum atomic E-state index is 9.37. The Morgan fingerprint density at radius 3 is 2.39 bits per heavy atom. The number of aliphatic hydroxyl groups excluding tert-OH is 1. The number of hydrogen-bond donors (Lipinski definition) is 1. The zero-order valence-electron chi connectivity index (χ0n) is 11.0. The summed E-state index contributed by atoms with van der Waals surface area (Å²) in [6.45, 7) is 7.35. The molecule has 0 aromatic heterocycles. The summed E-state index contributed by atoms with van der Waals surface area (Å²) >= 11 is 6.24. The highest BCUT2D eigenvalue weighted by atomic mass is 35.5. The van der Waals surface area contributed by atoms with E-state index in [4.69, 9.17) is 21.1 Å². The number of fused-ring (bicyclic) bond motifs is 1. The molecule has 0 fully saturated rings. The lowest BCUT2D eigenvalue weighted by Gasteiger charge is -2.27. The van der Waals surface area contributed by atoms with E-state index >= 15 is 0 Å². The van der Waals surface area contributed by atoms with Crippen molar-refractivity contribution in [3.8, 4) is 11.5 Å². The van der Waals surface area contributed by atoms with Gasteiger partial charge in [-0.05, 0) is 17.5 Å². The lowest BCUT2D eigenvalue weighted by atomic mass is 9.88. The summed E-state index contributed by atoms with van der Waals surface area (Å²) in [4.78, 5) is 0. The molecular formula is C14H19ClO3. The molecule has 0 aliphatic carbocycles. The van der Waals surface area contributed by atoms with Crippen molar-refractivity contribution in [2.75, 3.05) is 19.8 Å². The van der Waals surface area contributed by atoms with Gasteiger partial charge in [0.15, 0.2) is 11.5 Å². The molecule has 2 rings (SSSR count). The van der Waals surface area contributed by atoms with Gasteiger partial charge in [0.25, 0.3) is 0 Å². The van der Waals surface area contributed by atoms with Crippen LogP contribution in [0.2, 0.25) is 5.02 Å². The van der Waals surface area contributed by atoms with E-state index < -0.39 is 0 Å². The zero-order chi connectivity index (χ0) is 13.3. The standard InChI is InChI=1S/C14H19ClO3/c1-8(2)12-10(9(3)7-16)6-11(15)13-14(12)18-5-4-17-13/h6,8-9,16H,4-5,7H2,1-3H3. The van der Waals surface area contributed by atoms with Gasteiger partial charge in [-0.1, -0.05) is 32.4 Å². The second-order valence-electron chi connectivity index (χ2n) is 4.95. The monoisotopic (exact) mass is 270 g/mol. The molecular weight excluding hydrogens is 252 g/mol. The van der Waals surface area contributed by atoms with Gasteiger partial charge in [0.1, 0.15) is 13.2 Å². The lowest BCUT2D eigenvalue weighted by molar-refractivity contribution is 0.169. The first kappa shape index (κ1) is 13.5. The van der Waals surface area contributed by atoms with E-state index in [1.165, 1.54) is 0 Å². The molecule has 0 saturated carbocycles. The van der Waals surface area contributed by atoms with Crippen LogP contribution in [0.15, 0.2) is 6.07 Å². The molecule has 1 unspecified atom stereocenters. The van der Waals surface area contributed by atoms with Gasteiger partial charge in [-0.3, -0.25) is 0 Å². The van der Waals surface area contributed by atoms with Crippen LogP contribution in [0.3, 0.4) is 0 Å². The van der Waals surface area contributed by atoms with E-state index in [1.807, 2.05) is 13.0 Å². The Kier molecular flexibility index (Phi) is 4.03. The van der Waals surface area contributed by atoms with Crippen molar-refractivity contribution in [2.45, 2.75) is 32.6 Å². The minimum atomic E-state index is 0.0377. The van der Waals surface area contributed by atoms with E-state index in [2.05, 4.69) is 13.8 Å². The van der Waals surface area contributed by atoms with Crippen LogP contribution in [0.1, 0.15) is 43.7 Å². The molecule has 0 spiro atoms. The molecule has 100 valence electrons. The highest BCUT2D eigenvalue weighted by Crippen LogP contribution is 2.46. The second kappa shape index (κ2) is 5.37. The molecule has 1 aliphatic heterocycles. The summed E-state index contributed by atoms with van der Waals surface area (Å²) in [7, 11) is 0. The van der Waals surface area contributed by atoms with Gasteiger partial charge in [-0.15, -0.1) is 0 Å². The molecule has 0 bridgehead atoms. The quantitative estimate of drug-likeness (QED) is 0.916. The first-order valence-corrected chi connectivity index (χ1v) is 6.66. The van der Waals surface area contributed by atoms with Gasteiger partial charge in [-0.2, -0.15) is 0 Å². The van der Waals surface area contributed by atoms with E-state index in [0.29, 0.717) is 29.9 Å². The average molecular weight is 271 g/mol. The van der Waals surface area contributed by atoms with E-state index in [1.54, 1.807) is 0 Å². The topological polar surface area (TPSA) is 38.7 Å². The van der Waals surface area contributed by atoms with E-state index in [-0.39, 0.29) is 12.5 Å². The Hall–Kier alpha value is -0.930. The summed E-state index contributed by atoms with van der Waals surface area (Å²) in [6, 6.07) is 1.89. The minimum absolute atomic E-state index is 0.0377. The molecule has 1 aromatic carbocycles. The average Bonchev–Trinajstić information content (AvgIpc) is 2.37. The van der Waals surface area contributed by atoms with E-state index in [0.717, 1.165) is 16.9 Å². The third kappa shape index (κ3) is 2.29. The molecule has 1 atom stereocenters. The van der Waals surface area contributed by atoms with Crippen molar-refractivity contribution in [1.29, 1.82) is 0 Å². The smallest absolute Gasteiger partial charge is 0.180 e. The van der Waals surface area contributed by atoms with Gasteiger partial charge in [0, 0.05) is 18.1 Å². The van der Waals surface area contributed by atoms with Gasteiger partial charge in [-0.25, -0.2) is 0 Å². The van der Waals surface area contributed by atoms with Crippen molar-refractivity contribution in [3.05, 3.63) is 22.2 Å². The number of benzene rings is 1. The Balaban J connectivity index is 2.63. The lowest BCUT2D eigenvalue weighted by Crippen LogP contribution is -2.19. The molecule has 18 heavy (non-hydrogen) atoms. The maximum absolute atomic E-state index is 9.37. The fourth-order valence-corrected chi connectivity index (χ4v) is 2.57. The van der Waals surface area contributed by atoms with Gasteiger partial charge in [0.2, 0.25) is 0 Å². The van der Waals surface area contributed by atoms with Crippen LogP contribution in [0.4, 0.5) is 0 Å². The maximum Gasteiger partial charge on any atom is 0.180 e. The highest BCUT2D eigenvalue weighted by molar-refractivity contribution is 6.32. The first-order valence-electron chi connectivity index (χ1n) is 6.29. The van der Waals surface area contributed by atoms with Gasteiger partial charge >= 0.3 is 0 Å². The molecule has 1 heterocycles. The molecule has 0 saturated heterocycles. The van der Waals surface area contributed by atoms with Crippen LogP contribution in [0, 0.1) is 0 Å². The molecule has 3 nitrogen and oxygen atoms in total. The Bertz CT molecular complexity index is 443. The van der Waals surface area contributed by atoms with Crippen LogP contribution < -0.4 is 9.47 Å².